The summed E-state index contributed by atoms with van der Waals surface area (Å²) >= 11 is 0. The van der Waals surface area contributed by atoms with Gasteiger partial charge in [0, 0.05) is 0 Å². The predicted molar refractivity (Wildman–Crippen MR) is 107 cm³/mol. The van der Waals surface area contributed by atoms with Crippen LogP contribution in [-0.2, 0) is 0 Å². The third kappa shape index (κ3) is 3.14. The van der Waals surface area contributed by atoms with Gasteiger partial charge >= 0.3 is 11.4 Å². The average molecular weight is 371 g/mol. The van der Waals surface area contributed by atoms with Gasteiger partial charge in [-0.25, -0.2) is 4.79 Å². The zero-order valence-corrected chi connectivity index (χ0v) is 15.3. The molecular weight excluding hydrogens is 352 g/mol. The molecular formula is C23H19N2O3+. The van der Waals surface area contributed by atoms with Crippen LogP contribution >= 0.6 is 0 Å². The maximum absolute atomic E-state index is 13.3. The molecule has 0 fully saturated rings. The molecule has 138 valence electrons. The van der Waals surface area contributed by atoms with Crippen molar-refractivity contribution in [1.82, 2.24) is 4.57 Å². The van der Waals surface area contributed by atoms with E-state index in [0.29, 0.717) is 17.0 Å². The second-order valence-electron chi connectivity index (χ2n) is 6.26. The van der Waals surface area contributed by atoms with E-state index in [9.17, 15) is 9.90 Å². The Morgan fingerprint density at radius 2 is 1.46 bits per heavy atom. The van der Waals surface area contributed by atoms with Crippen molar-refractivity contribution in [2.45, 2.75) is 0 Å². The molecule has 1 aromatic heterocycles. The number of hydrogen-bond donors (Lipinski definition) is 1. The Bertz CT molecular complexity index is 1150. The Kier molecular flexibility index (Phi) is 4.64. The first-order valence-electron chi connectivity index (χ1n) is 8.84. The number of benzene rings is 3. The molecule has 5 heteroatoms. The van der Waals surface area contributed by atoms with Crippen LogP contribution in [0.25, 0.3) is 22.5 Å². The molecule has 0 aliphatic rings. The second kappa shape index (κ2) is 7.40. The Balaban J connectivity index is 2.02. The van der Waals surface area contributed by atoms with Gasteiger partial charge in [0.2, 0.25) is 0 Å². The summed E-state index contributed by atoms with van der Waals surface area (Å²) < 4.78 is 8.34. The number of aromatic hydroxyl groups is 1. The van der Waals surface area contributed by atoms with Crippen LogP contribution in [0.4, 0.5) is 0 Å². The van der Waals surface area contributed by atoms with E-state index < -0.39 is 0 Å². The summed E-state index contributed by atoms with van der Waals surface area (Å²) in [7, 11) is 1.58. The third-order valence-electron chi connectivity index (χ3n) is 4.56. The molecule has 0 amide bonds. The lowest BCUT2D eigenvalue weighted by atomic mass is 10.1. The lowest BCUT2D eigenvalue weighted by molar-refractivity contribution is -0.608. The smallest absolute Gasteiger partial charge is 0.354 e. The molecule has 0 spiro atoms. The van der Waals surface area contributed by atoms with E-state index >= 15 is 0 Å². The van der Waals surface area contributed by atoms with Crippen molar-refractivity contribution in [1.29, 1.82) is 0 Å². The molecule has 4 rings (SSSR count). The topological polar surface area (TPSA) is 55.3 Å². The van der Waals surface area contributed by atoms with Gasteiger partial charge in [0.25, 0.3) is 6.33 Å². The average Bonchev–Trinajstić information content (AvgIpc) is 2.76. The fourth-order valence-corrected chi connectivity index (χ4v) is 3.12. The van der Waals surface area contributed by atoms with Gasteiger partial charge in [-0.15, -0.1) is 0 Å². The summed E-state index contributed by atoms with van der Waals surface area (Å²) in [5.41, 5.74) is 1.99. The third-order valence-corrected chi connectivity index (χ3v) is 4.56. The molecule has 0 aliphatic heterocycles. The highest BCUT2D eigenvalue weighted by molar-refractivity contribution is 5.67. The quantitative estimate of drug-likeness (QED) is 0.559. The van der Waals surface area contributed by atoms with E-state index in [1.54, 1.807) is 42.3 Å². The molecule has 0 saturated heterocycles. The largest absolute Gasteiger partial charge is 0.497 e. The SMILES string of the molecule is COc1ccc(-c2c(O)[n+](-c3ccccc3)cn(-c3ccccc3)c2=O)cc1. The zero-order chi connectivity index (χ0) is 19.5. The maximum Gasteiger partial charge on any atom is 0.354 e. The Labute approximate surface area is 162 Å². The van der Waals surface area contributed by atoms with Gasteiger partial charge in [-0.1, -0.05) is 48.5 Å². The number of methoxy groups -OCH3 is 1. The Hall–Kier alpha value is -3.86. The van der Waals surface area contributed by atoms with Crippen molar-refractivity contribution >= 4 is 0 Å². The number of rotatable bonds is 4. The highest BCUT2D eigenvalue weighted by Crippen LogP contribution is 2.26. The zero-order valence-electron chi connectivity index (χ0n) is 15.3. The Morgan fingerprint density at radius 3 is 2.07 bits per heavy atom. The van der Waals surface area contributed by atoms with Gasteiger partial charge in [-0.2, -0.15) is 9.13 Å². The highest BCUT2D eigenvalue weighted by Gasteiger charge is 2.25. The van der Waals surface area contributed by atoms with Gasteiger partial charge < -0.3 is 9.84 Å². The van der Waals surface area contributed by atoms with Crippen molar-refractivity contribution in [3.63, 3.8) is 0 Å². The molecule has 1 heterocycles. The van der Waals surface area contributed by atoms with E-state index in [4.69, 9.17) is 4.74 Å². The van der Waals surface area contributed by atoms with Crippen LogP contribution in [0, 0.1) is 0 Å². The molecule has 0 bridgehead atoms. The van der Waals surface area contributed by atoms with Crippen LogP contribution in [-0.4, -0.2) is 16.8 Å². The second-order valence-corrected chi connectivity index (χ2v) is 6.26. The van der Waals surface area contributed by atoms with Crippen molar-refractivity contribution < 1.29 is 14.4 Å². The minimum atomic E-state index is -0.305. The lowest BCUT2D eigenvalue weighted by Crippen LogP contribution is -2.38. The van der Waals surface area contributed by atoms with E-state index in [1.807, 2.05) is 60.7 Å². The molecule has 28 heavy (non-hydrogen) atoms. The van der Waals surface area contributed by atoms with Crippen LogP contribution in [0.1, 0.15) is 0 Å². The molecule has 0 radical (unpaired) electrons. The summed E-state index contributed by atoms with van der Waals surface area (Å²) in [5, 5.41) is 11.0. The molecule has 3 aromatic carbocycles. The molecule has 4 aromatic rings. The minimum Gasteiger partial charge on any atom is -0.497 e. The summed E-state index contributed by atoms with van der Waals surface area (Å²) in [5.74, 6) is 0.562. The number of para-hydroxylation sites is 2. The van der Waals surface area contributed by atoms with Gasteiger partial charge in [0.1, 0.15) is 17.1 Å². The molecule has 1 N–H and O–H groups in total. The van der Waals surface area contributed by atoms with Gasteiger partial charge in [-0.3, -0.25) is 0 Å². The maximum atomic E-state index is 13.3. The van der Waals surface area contributed by atoms with Crippen molar-refractivity contribution in [2.24, 2.45) is 0 Å². The van der Waals surface area contributed by atoms with Crippen molar-refractivity contribution in [3.05, 3.63) is 102 Å². The summed E-state index contributed by atoms with van der Waals surface area (Å²) in [4.78, 5) is 13.3. The highest BCUT2D eigenvalue weighted by atomic mass is 16.5. The van der Waals surface area contributed by atoms with E-state index in [2.05, 4.69) is 0 Å². The summed E-state index contributed by atoms with van der Waals surface area (Å²) in [6.07, 6.45) is 1.61. The van der Waals surface area contributed by atoms with E-state index in [-0.39, 0.29) is 17.0 Å². The Morgan fingerprint density at radius 1 is 0.857 bits per heavy atom. The fraction of sp³-hybridized carbons (Fsp3) is 0.0435. The standard InChI is InChI=1S/C23H18N2O3/c1-28-20-14-12-17(13-15-20)21-22(26)24(18-8-4-2-5-9-18)16-25(23(21)27)19-10-6-3-7-11-19/h2-16H,1H3/p+1. The fourth-order valence-electron chi connectivity index (χ4n) is 3.12. The first-order valence-corrected chi connectivity index (χ1v) is 8.84. The predicted octanol–water partition coefficient (Wildman–Crippen LogP) is 3.50. The number of nitrogens with zero attached hydrogens (tertiary/aromatic N) is 2. The first-order chi connectivity index (χ1) is 13.7. The monoisotopic (exact) mass is 371 g/mol. The summed E-state index contributed by atoms with van der Waals surface area (Å²) in [6.45, 7) is 0. The molecule has 0 atom stereocenters. The van der Waals surface area contributed by atoms with Crippen LogP contribution in [0.15, 0.2) is 96.1 Å². The van der Waals surface area contributed by atoms with Gasteiger partial charge in [-0.05, 0) is 42.0 Å². The van der Waals surface area contributed by atoms with Crippen molar-refractivity contribution in [2.75, 3.05) is 7.11 Å². The van der Waals surface area contributed by atoms with Crippen LogP contribution in [0.2, 0.25) is 0 Å². The molecule has 0 saturated carbocycles. The first kappa shape index (κ1) is 17.5. The molecule has 0 aliphatic carbocycles. The lowest BCUT2D eigenvalue weighted by Gasteiger charge is -2.10. The molecule has 0 unspecified atom stereocenters. The normalized spacial score (nSPS) is 10.6. The van der Waals surface area contributed by atoms with Crippen LogP contribution in [0.3, 0.4) is 0 Å². The summed E-state index contributed by atoms with van der Waals surface area (Å²) in [6, 6.07) is 25.8. The minimum absolute atomic E-state index is 0.117. The van der Waals surface area contributed by atoms with E-state index in [0.717, 1.165) is 5.69 Å². The molecule has 5 nitrogen and oxygen atoms in total. The van der Waals surface area contributed by atoms with E-state index in [1.165, 1.54) is 4.57 Å². The van der Waals surface area contributed by atoms with Gasteiger partial charge in [0.05, 0.1) is 7.11 Å². The van der Waals surface area contributed by atoms with Crippen LogP contribution < -0.4 is 14.9 Å². The number of hydrogen-bond acceptors (Lipinski definition) is 3. The van der Waals surface area contributed by atoms with Crippen LogP contribution in [0.5, 0.6) is 11.6 Å². The van der Waals surface area contributed by atoms with Crippen molar-refractivity contribution in [3.8, 4) is 34.1 Å². The number of ether oxygens (including phenoxy) is 1. The van der Waals surface area contributed by atoms with Gasteiger partial charge in [0.15, 0.2) is 5.56 Å². The number of aromatic nitrogens is 2.